The summed E-state index contributed by atoms with van der Waals surface area (Å²) >= 11 is 10.6. The van der Waals surface area contributed by atoms with Gasteiger partial charge >= 0.3 is 5.97 Å². The molecule has 1 atom stereocenters. The maximum Gasteiger partial charge on any atom is 0.305 e. The molecule has 0 saturated heterocycles. The maximum absolute atomic E-state index is 10.9. The number of esters is 1. The van der Waals surface area contributed by atoms with Crippen LogP contribution in [0.1, 0.15) is 23.8 Å². The molecular formula is C9H11BrClNO2S. The fourth-order valence-corrected chi connectivity index (χ4v) is 2.84. The van der Waals surface area contributed by atoms with Crippen molar-refractivity contribution in [1.29, 1.82) is 0 Å². The monoisotopic (exact) mass is 311 g/mol. The molecule has 0 radical (unpaired) electrons. The van der Waals surface area contributed by atoms with Crippen molar-refractivity contribution in [3.8, 4) is 0 Å². The van der Waals surface area contributed by atoms with Crippen LogP contribution in [0, 0.1) is 0 Å². The van der Waals surface area contributed by atoms with Crippen LogP contribution in [0.15, 0.2) is 10.5 Å². The summed E-state index contributed by atoms with van der Waals surface area (Å²) in [6.07, 6.45) is 0.890. The second kappa shape index (κ2) is 5.84. The first-order valence-electron chi connectivity index (χ1n) is 4.31. The summed E-state index contributed by atoms with van der Waals surface area (Å²) in [5.74, 6) is -0.243. The third-order valence-corrected chi connectivity index (χ3v) is 4.52. The number of thiophene rings is 1. The number of carbonyl (C=O) groups is 1. The molecule has 0 amide bonds. The van der Waals surface area contributed by atoms with Crippen molar-refractivity contribution in [2.24, 2.45) is 5.73 Å². The lowest BCUT2D eigenvalue weighted by Gasteiger charge is -2.07. The van der Waals surface area contributed by atoms with Gasteiger partial charge in [0.05, 0.1) is 7.11 Å². The molecule has 0 aliphatic rings. The minimum atomic E-state index is -0.243. The van der Waals surface area contributed by atoms with Gasteiger partial charge < -0.3 is 10.5 Å². The van der Waals surface area contributed by atoms with Crippen molar-refractivity contribution in [1.82, 2.24) is 0 Å². The third-order valence-electron chi connectivity index (χ3n) is 1.92. The van der Waals surface area contributed by atoms with Gasteiger partial charge in [0.15, 0.2) is 0 Å². The lowest BCUT2D eigenvalue weighted by atomic mass is 10.1. The van der Waals surface area contributed by atoms with Gasteiger partial charge in [0, 0.05) is 21.8 Å². The molecule has 1 aromatic heterocycles. The molecule has 1 rings (SSSR count). The average molecular weight is 313 g/mol. The van der Waals surface area contributed by atoms with E-state index in [9.17, 15) is 4.79 Å². The summed E-state index contributed by atoms with van der Waals surface area (Å²) in [6, 6.07) is 1.72. The Hall–Kier alpha value is -0.100. The van der Waals surface area contributed by atoms with Crippen molar-refractivity contribution >= 4 is 44.8 Å². The van der Waals surface area contributed by atoms with E-state index in [4.69, 9.17) is 17.3 Å². The molecule has 0 spiro atoms. The van der Waals surface area contributed by atoms with Crippen molar-refractivity contribution in [2.45, 2.75) is 18.9 Å². The van der Waals surface area contributed by atoms with E-state index in [1.165, 1.54) is 18.4 Å². The highest BCUT2D eigenvalue weighted by Crippen LogP contribution is 2.35. The van der Waals surface area contributed by atoms with E-state index in [0.29, 0.717) is 17.2 Å². The second-order valence-electron chi connectivity index (χ2n) is 2.99. The van der Waals surface area contributed by atoms with E-state index >= 15 is 0 Å². The van der Waals surface area contributed by atoms with Gasteiger partial charge in [-0.25, -0.2) is 0 Å². The Balaban J connectivity index is 2.53. The van der Waals surface area contributed by atoms with E-state index in [-0.39, 0.29) is 12.0 Å². The average Bonchev–Trinajstić information content (AvgIpc) is 2.55. The minimum absolute atomic E-state index is 0.169. The fraction of sp³-hybridized carbons (Fsp3) is 0.444. The van der Waals surface area contributed by atoms with E-state index in [1.807, 2.05) is 6.07 Å². The van der Waals surface area contributed by atoms with Crippen molar-refractivity contribution < 1.29 is 9.53 Å². The Labute approximate surface area is 106 Å². The highest BCUT2D eigenvalue weighted by atomic mass is 79.9. The zero-order chi connectivity index (χ0) is 11.4. The number of hydrogen-bond acceptors (Lipinski definition) is 4. The molecule has 6 heteroatoms. The van der Waals surface area contributed by atoms with Gasteiger partial charge in [0.2, 0.25) is 0 Å². The summed E-state index contributed by atoms with van der Waals surface area (Å²) in [7, 11) is 1.37. The fourth-order valence-electron chi connectivity index (χ4n) is 1.06. The topological polar surface area (TPSA) is 52.3 Å². The summed E-state index contributed by atoms with van der Waals surface area (Å²) in [5.41, 5.74) is 5.90. The van der Waals surface area contributed by atoms with Gasteiger partial charge in [0.1, 0.15) is 4.34 Å². The summed E-state index contributed by atoms with van der Waals surface area (Å²) in [5, 5.41) is 0. The second-order valence-corrected chi connectivity index (χ2v) is 5.53. The quantitative estimate of drug-likeness (QED) is 0.869. The van der Waals surface area contributed by atoms with Gasteiger partial charge in [-0.1, -0.05) is 11.6 Å². The van der Waals surface area contributed by atoms with Crippen LogP contribution < -0.4 is 5.73 Å². The van der Waals surface area contributed by atoms with Crippen LogP contribution in [-0.2, 0) is 9.53 Å². The molecule has 0 aromatic carbocycles. The molecule has 3 nitrogen and oxygen atoms in total. The molecule has 1 heterocycles. The number of rotatable bonds is 4. The van der Waals surface area contributed by atoms with Crippen LogP contribution in [0.5, 0.6) is 0 Å². The number of carbonyl (C=O) groups excluding carboxylic acids is 1. The minimum Gasteiger partial charge on any atom is -0.469 e. The predicted octanol–water partition coefficient (Wildman–Crippen LogP) is 3.12. The largest absolute Gasteiger partial charge is 0.469 e. The van der Waals surface area contributed by atoms with E-state index in [2.05, 4.69) is 20.7 Å². The maximum atomic E-state index is 10.9. The summed E-state index contributed by atoms with van der Waals surface area (Å²) in [4.78, 5) is 11.9. The van der Waals surface area contributed by atoms with Gasteiger partial charge in [-0.15, -0.1) is 11.3 Å². The van der Waals surface area contributed by atoms with Gasteiger partial charge in [-0.05, 0) is 28.4 Å². The normalized spacial score (nSPS) is 12.5. The Morgan fingerprint density at radius 2 is 2.47 bits per heavy atom. The number of nitrogens with two attached hydrogens (primary N) is 1. The Kier molecular flexibility index (Phi) is 5.05. The first-order chi connectivity index (χ1) is 7.04. The predicted molar refractivity (Wildman–Crippen MR) is 65.2 cm³/mol. The number of halogens is 2. The number of ether oxygens (including phenoxy) is 1. The summed E-state index contributed by atoms with van der Waals surface area (Å²) in [6.45, 7) is 0. The van der Waals surface area contributed by atoms with Crippen molar-refractivity contribution in [2.75, 3.05) is 7.11 Å². The van der Waals surface area contributed by atoms with Gasteiger partial charge in [-0.3, -0.25) is 4.79 Å². The number of methoxy groups -OCH3 is 1. The lowest BCUT2D eigenvalue weighted by Crippen LogP contribution is -2.11. The smallest absolute Gasteiger partial charge is 0.305 e. The molecule has 0 aliphatic carbocycles. The van der Waals surface area contributed by atoms with Crippen LogP contribution in [0.4, 0.5) is 0 Å². The molecule has 84 valence electrons. The third kappa shape index (κ3) is 3.75. The van der Waals surface area contributed by atoms with Crippen LogP contribution in [0.2, 0.25) is 4.34 Å². The van der Waals surface area contributed by atoms with Crippen LogP contribution in [0.25, 0.3) is 0 Å². The Bertz CT molecular complexity index is 336. The highest BCUT2D eigenvalue weighted by Gasteiger charge is 2.13. The zero-order valence-electron chi connectivity index (χ0n) is 8.13. The molecule has 15 heavy (non-hydrogen) atoms. The van der Waals surface area contributed by atoms with Crippen LogP contribution >= 0.6 is 38.9 Å². The van der Waals surface area contributed by atoms with E-state index in [1.54, 1.807) is 0 Å². The molecule has 0 fully saturated rings. The van der Waals surface area contributed by atoms with Crippen LogP contribution in [0.3, 0.4) is 0 Å². The van der Waals surface area contributed by atoms with Crippen molar-refractivity contribution in [3.63, 3.8) is 0 Å². The number of hydrogen-bond donors (Lipinski definition) is 1. The first kappa shape index (κ1) is 13.0. The molecule has 0 saturated carbocycles. The van der Waals surface area contributed by atoms with Gasteiger partial charge in [0.25, 0.3) is 0 Å². The van der Waals surface area contributed by atoms with Crippen molar-refractivity contribution in [3.05, 3.63) is 19.8 Å². The molecular weight excluding hydrogens is 302 g/mol. The molecule has 0 aliphatic heterocycles. The lowest BCUT2D eigenvalue weighted by molar-refractivity contribution is -0.140. The zero-order valence-corrected chi connectivity index (χ0v) is 11.3. The molecule has 2 N–H and O–H groups in total. The molecule has 0 bridgehead atoms. The Morgan fingerprint density at radius 3 is 2.93 bits per heavy atom. The molecule has 1 aromatic rings. The molecule has 1 unspecified atom stereocenters. The van der Waals surface area contributed by atoms with E-state index < -0.39 is 0 Å². The van der Waals surface area contributed by atoms with Crippen LogP contribution in [-0.4, -0.2) is 13.1 Å². The van der Waals surface area contributed by atoms with Gasteiger partial charge in [-0.2, -0.15) is 0 Å². The standard InChI is InChI=1S/C9H11BrClNO2S/c1-14-8(13)3-2-6(12)7-4-5(10)9(11)15-7/h4,6H,2-3,12H2,1H3. The first-order valence-corrected chi connectivity index (χ1v) is 6.30. The SMILES string of the molecule is COC(=O)CCC(N)c1cc(Br)c(Cl)s1. The highest BCUT2D eigenvalue weighted by molar-refractivity contribution is 9.10. The summed E-state index contributed by atoms with van der Waals surface area (Å²) < 4.78 is 6.06. The Morgan fingerprint density at radius 1 is 1.80 bits per heavy atom. The van der Waals surface area contributed by atoms with E-state index in [0.717, 1.165) is 9.35 Å².